The lowest BCUT2D eigenvalue weighted by molar-refractivity contribution is 0.744. The maximum atomic E-state index is 4.78. The van der Waals surface area contributed by atoms with Crippen molar-refractivity contribution in [3.63, 3.8) is 0 Å². The summed E-state index contributed by atoms with van der Waals surface area (Å²) >= 11 is 3.52. The van der Waals surface area contributed by atoms with E-state index in [0.29, 0.717) is 6.54 Å². The molecule has 146 valence electrons. The van der Waals surface area contributed by atoms with Gasteiger partial charge in [-0.05, 0) is 30.0 Å². The molecule has 0 radical (unpaired) electrons. The van der Waals surface area contributed by atoms with Crippen LogP contribution in [0.1, 0.15) is 25.0 Å². The summed E-state index contributed by atoms with van der Waals surface area (Å²) < 4.78 is 0.984. The Morgan fingerprint density at radius 3 is 2.39 bits per heavy atom. The maximum Gasteiger partial charge on any atom is 0.145 e. The quantitative estimate of drug-likeness (QED) is 0.292. The Labute approximate surface area is 177 Å². The molecule has 0 aromatic heterocycles. The van der Waals surface area contributed by atoms with Crippen molar-refractivity contribution < 1.29 is 0 Å². The molecule has 2 rings (SSSR count). The van der Waals surface area contributed by atoms with Gasteiger partial charge in [0.1, 0.15) is 12.0 Å². The van der Waals surface area contributed by atoms with Crippen LogP contribution < -0.4 is 5.32 Å². The van der Waals surface area contributed by atoms with Gasteiger partial charge in [0.15, 0.2) is 0 Å². The van der Waals surface area contributed by atoms with E-state index in [9.17, 15) is 0 Å². The Balaban J connectivity index is 0.00000190. The van der Waals surface area contributed by atoms with Crippen molar-refractivity contribution in [1.82, 2.24) is 5.32 Å². The third-order valence-electron chi connectivity index (χ3n) is 3.68. The molecular weight excluding hydrogens is 410 g/mol. The second-order valence-corrected chi connectivity index (χ2v) is 6.41. The van der Waals surface area contributed by atoms with E-state index in [-0.39, 0.29) is 6.17 Å². The fraction of sp³-hybridized carbons (Fsp3) is 0.167. The first kappa shape index (κ1) is 23.3. The van der Waals surface area contributed by atoms with Crippen LogP contribution in [0.5, 0.6) is 0 Å². The monoisotopic (exact) mass is 437 g/mol. The summed E-state index contributed by atoms with van der Waals surface area (Å²) in [5.74, 6) is 0.740. The van der Waals surface area contributed by atoms with Gasteiger partial charge in [0, 0.05) is 10.0 Å². The topological polar surface area (TPSA) is 36.8 Å². The first-order valence-electron chi connectivity index (χ1n) is 9.19. The molecule has 4 heteroatoms. The number of halogens is 1. The highest BCUT2D eigenvalue weighted by molar-refractivity contribution is 9.10. The Bertz CT molecular complexity index is 823. The summed E-state index contributed by atoms with van der Waals surface area (Å²) in [5, 5.41) is 3.37. The first-order valence-corrected chi connectivity index (χ1v) is 9.99. The molecule has 2 aromatic rings. The van der Waals surface area contributed by atoms with Gasteiger partial charge in [-0.2, -0.15) is 0 Å². The molecule has 28 heavy (non-hydrogen) atoms. The Kier molecular flexibility index (Phi) is 11.2. The number of allylic oxidation sites excluding steroid dienone is 2. The van der Waals surface area contributed by atoms with E-state index >= 15 is 0 Å². The van der Waals surface area contributed by atoms with Crippen LogP contribution in [-0.4, -0.2) is 18.7 Å². The zero-order valence-electron chi connectivity index (χ0n) is 16.6. The van der Waals surface area contributed by atoms with Crippen LogP contribution in [0.15, 0.2) is 106 Å². The standard InChI is InChI=1S/C22H22BrN3.C2H6/c1-4-10-18(5-2)21(24-3)26-22(19-13-9-14-20(23)15-19)25-16-17-11-7-6-8-12-17;1-2/h4-15,21H,1-3,16H2,(H,25,26);1-2H3/b18-10+;. The number of rotatable bonds is 8. The van der Waals surface area contributed by atoms with E-state index in [1.807, 2.05) is 62.4 Å². The highest BCUT2D eigenvalue weighted by Gasteiger charge is 2.13. The van der Waals surface area contributed by atoms with Gasteiger partial charge < -0.3 is 5.32 Å². The molecular formula is C24H28BrN3. The Morgan fingerprint density at radius 1 is 1.11 bits per heavy atom. The number of aliphatic imine (C=N–C) groups is 2. The normalized spacial score (nSPS) is 12.2. The van der Waals surface area contributed by atoms with Gasteiger partial charge >= 0.3 is 0 Å². The van der Waals surface area contributed by atoms with Gasteiger partial charge in [0.2, 0.25) is 0 Å². The molecule has 0 saturated carbocycles. The van der Waals surface area contributed by atoms with Crippen LogP contribution in [-0.2, 0) is 6.54 Å². The van der Waals surface area contributed by atoms with Crippen LogP contribution in [0.2, 0.25) is 0 Å². The largest absolute Gasteiger partial charge is 0.345 e. The van der Waals surface area contributed by atoms with Gasteiger partial charge in [-0.15, -0.1) is 0 Å². The van der Waals surface area contributed by atoms with Crippen molar-refractivity contribution in [1.29, 1.82) is 0 Å². The molecule has 0 heterocycles. The van der Waals surface area contributed by atoms with Crippen molar-refractivity contribution in [2.75, 3.05) is 0 Å². The summed E-state index contributed by atoms with van der Waals surface area (Å²) in [6, 6.07) is 18.1. The molecule has 1 N–H and O–H groups in total. The van der Waals surface area contributed by atoms with Crippen LogP contribution >= 0.6 is 15.9 Å². The average Bonchev–Trinajstić information content (AvgIpc) is 2.75. The van der Waals surface area contributed by atoms with Gasteiger partial charge in [-0.25, -0.2) is 0 Å². The first-order chi connectivity index (χ1) is 13.7. The van der Waals surface area contributed by atoms with Crippen LogP contribution in [0, 0.1) is 0 Å². The molecule has 0 aliphatic carbocycles. The molecule has 0 saturated heterocycles. The van der Waals surface area contributed by atoms with Crippen LogP contribution in [0.3, 0.4) is 0 Å². The van der Waals surface area contributed by atoms with Crippen molar-refractivity contribution in [2.24, 2.45) is 9.98 Å². The molecule has 1 unspecified atom stereocenters. The number of benzene rings is 2. The fourth-order valence-corrected chi connectivity index (χ4v) is 2.78. The Morgan fingerprint density at radius 2 is 1.82 bits per heavy atom. The summed E-state index contributed by atoms with van der Waals surface area (Å²) in [6.07, 6.45) is 4.94. The van der Waals surface area contributed by atoms with Crippen LogP contribution in [0.4, 0.5) is 0 Å². The molecule has 3 nitrogen and oxygen atoms in total. The minimum absolute atomic E-state index is 0.362. The van der Waals surface area contributed by atoms with Gasteiger partial charge in [-0.1, -0.05) is 104 Å². The fourth-order valence-electron chi connectivity index (χ4n) is 2.38. The zero-order chi connectivity index (χ0) is 20.8. The van der Waals surface area contributed by atoms with Gasteiger partial charge in [-0.3, -0.25) is 9.98 Å². The van der Waals surface area contributed by atoms with Gasteiger partial charge in [0.05, 0.1) is 6.54 Å². The summed E-state index contributed by atoms with van der Waals surface area (Å²) in [5.41, 5.74) is 2.97. The predicted octanol–water partition coefficient (Wildman–Crippen LogP) is 6.34. The molecule has 0 spiro atoms. The SMILES string of the molecule is C=C/C=C(\C=C)C(N=C)NC(=NCc1ccccc1)c1cccc(Br)c1.CC. The molecule has 0 aliphatic rings. The smallest absolute Gasteiger partial charge is 0.145 e. The highest BCUT2D eigenvalue weighted by Crippen LogP contribution is 2.14. The lowest BCUT2D eigenvalue weighted by atomic mass is 10.1. The minimum Gasteiger partial charge on any atom is -0.345 e. The minimum atomic E-state index is -0.362. The predicted molar refractivity (Wildman–Crippen MR) is 127 cm³/mol. The van der Waals surface area contributed by atoms with E-state index in [0.717, 1.165) is 27.0 Å². The lowest BCUT2D eigenvalue weighted by Crippen LogP contribution is -2.35. The maximum absolute atomic E-state index is 4.78. The molecule has 1 atom stereocenters. The third kappa shape index (κ3) is 7.49. The summed E-state index contributed by atoms with van der Waals surface area (Å²) in [6.45, 7) is 15.8. The lowest BCUT2D eigenvalue weighted by Gasteiger charge is -2.19. The molecule has 0 bridgehead atoms. The van der Waals surface area contributed by atoms with E-state index in [4.69, 9.17) is 4.99 Å². The number of nitrogens with zero attached hydrogens (tertiary/aromatic N) is 2. The third-order valence-corrected chi connectivity index (χ3v) is 4.17. The van der Waals surface area contributed by atoms with E-state index in [2.05, 4.69) is 58.2 Å². The summed E-state index contributed by atoms with van der Waals surface area (Å²) in [4.78, 5) is 8.96. The second-order valence-electron chi connectivity index (χ2n) is 5.50. The van der Waals surface area contributed by atoms with E-state index in [1.54, 1.807) is 12.2 Å². The average molecular weight is 438 g/mol. The van der Waals surface area contributed by atoms with E-state index in [1.165, 1.54) is 0 Å². The molecule has 2 aromatic carbocycles. The molecule has 0 fully saturated rings. The van der Waals surface area contributed by atoms with Crippen molar-refractivity contribution in [3.05, 3.63) is 107 Å². The van der Waals surface area contributed by atoms with Gasteiger partial charge in [0.25, 0.3) is 0 Å². The Hall–Kier alpha value is -2.72. The number of amidine groups is 1. The number of hydrogen-bond donors (Lipinski definition) is 1. The van der Waals surface area contributed by atoms with Crippen molar-refractivity contribution in [3.8, 4) is 0 Å². The van der Waals surface area contributed by atoms with Crippen LogP contribution in [0.25, 0.3) is 0 Å². The van der Waals surface area contributed by atoms with E-state index < -0.39 is 0 Å². The highest BCUT2D eigenvalue weighted by atomic mass is 79.9. The zero-order valence-corrected chi connectivity index (χ0v) is 18.2. The van der Waals surface area contributed by atoms with Crippen molar-refractivity contribution in [2.45, 2.75) is 26.6 Å². The summed E-state index contributed by atoms with van der Waals surface area (Å²) in [7, 11) is 0. The number of nitrogens with one attached hydrogen (secondary N) is 1. The number of hydrogen-bond acceptors (Lipinski definition) is 2. The second kappa shape index (κ2) is 13.4. The van der Waals surface area contributed by atoms with Crippen molar-refractivity contribution >= 4 is 28.5 Å². The molecule has 0 amide bonds. The molecule has 0 aliphatic heterocycles.